The SMILES string of the molecule is COC(=O)C1=C(C(=O)OC)[C@]2(OC)O[C@]3(O[Si](C)(C)C)[C@H](C[Si](C(C)(C)C)(C(C)(C)C)O[C@H](c4ccccc4)[C@H]3C)C2=C1C(=O)OC. The van der Waals surface area contributed by atoms with Gasteiger partial charge in [-0.25, -0.2) is 14.4 Å². The summed E-state index contributed by atoms with van der Waals surface area (Å²) >= 11 is 0. The molecule has 2 heterocycles. The molecule has 0 unspecified atom stereocenters. The van der Waals surface area contributed by atoms with E-state index in [4.69, 9.17) is 32.5 Å². The lowest BCUT2D eigenvalue weighted by Crippen LogP contribution is -2.56. The highest BCUT2D eigenvalue weighted by molar-refractivity contribution is 6.79. The molecule has 0 radical (unpaired) electrons. The molecule has 0 N–H and O–H groups in total. The summed E-state index contributed by atoms with van der Waals surface area (Å²) in [6.07, 6.45) is -0.497. The van der Waals surface area contributed by atoms with E-state index < -0.39 is 64.1 Å². The van der Waals surface area contributed by atoms with E-state index in [-0.39, 0.29) is 26.8 Å². The van der Waals surface area contributed by atoms with Gasteiger partial charge < -0.3 is 32.5 Å². The molecule has 260 valence electrons. The van der Waals surface area contributed by atoms with Crippen LogP contribution in [-0.4, -0.2) is 74.6 Å². The topological polar surface area (TPSA) is 116 Å². The van der Waals surface area contributed by atoms with Gasteiger partial charge in [0.25, 0.3) is 0 Å². The Morgan fingerprint density at radius 3 is 1.79 bits per heavy atom. The van der Waals surface area contributed by atoms with Crippen LogP contribution >= 0.6 is 0 Å². The van der Waals surface area contributed by atoms with Gasteiger partial charge in [0.15, 0.2) is 14.1 Å². The van der Waals surface area contributed by atoms with Gasteiger partial charge in [-0.2, -0.15) is 0 Å². The summed E-state index contributed by atoms with van der Waals surface area (Å²) in [5.41, 5.74) is 0.530. The zero-order chi connectivity index (χ0) is 35.5. The van der Waals surface area contributed by atoms with Crippen LogP contribution in [0.3, 0.4) is 0 Å². The smallest absolute Gasteiger partial charge is 0.340 e. The maximum absolute atomic E-state index is 13.9. The first-order chi connectivity index (χ1) is 21.6. The van der Waals surface area contributed by atoms with Crippen LogP contribution in [0, 0.1) is 11.8 Å². The number of ether oxygens (including phenoxy) is 5. The van der Waals surface area contributed by atoms with Crippen molar-refractivity contribution in [3.8, 4) is 0 Å². The molecule has 3 aliphatic rings. The van der Waals surface area contributed by atoms with E-state index in [2.05, 4.69) is 61.2 Å². The van der Waals surface area contributed by atoms with Gasteiger partial charge in [0, 0.05) is 24.5 Å². The number of hydrogen-bond donors (Lipinski definition) is 0. The third kappa shape index (κ3) is 5.68. The minimum absolute atomic E-state index is 0.135. The number of esters is 3. The number of hydrogen-bond acceptors (Lipinski definition) is 10. The Hall–Kier alpha value is -2.62. The number of fused-ring (bicyclic) bond motifs is 3. The van der Waals surface area contributed by atoms with Gasteiger partial charge in [-0.1, -0.05) is 78.8 Å². The largest absolute Gasteiger partial charge is 0.465 e. The summed E-state index contributed by atoms with van der Waals surface area (Å²) in [6, 6.07) is 10.4. The fourth-order valence-electron chi connectivity index (χ4n) is 8.22. The van der Waals surface area contributed by atoms with Crippen LogP contribution in [0.5, 0.6) is 0 Å². The van der Waals surface area contributed by atoms with E-state index in [1.807, 2.05) is 37.3 Å². The van der Waals surface area contributed by atoms with Gasteiger partial charge in [-0.3, -0.25) is 0 Å². The van der Waals surface area contributed by atoms with Gasteiger partial charge in [-0.05, 0) is 41.3 Å². The molecule has 1 aromatic rings. The molecule has 2 saturated heterocycles. The van der Waals surface area contributed by atoms with Crippen molar-refractivity contribution in [3.63, 3.8) is 0 Å². The molecule has 0 saturated carbocycles. The van der Waals surface area contributed by atoms with Crippen LogP contribution in [-0.2, 0) is 46.9 Å². The van der Waals surface area contributed by atoms with Crippen LogP contribution in [0.2, 0.25) is 35.8 Å². The molecule has 1 aliphatic carbocycles. The zero-order valence-electron chi connectivity index (χ0n) is 30.4. The van der Waals surface area contributed by atoms with Crippen molar-refractivity contribution in [1.82, 2.24) is 0 Å². The lowest BCUT2D eigenvalue weighted by atomic mass is 9.79. The molecule has 0 bridgehead atoms. The monoisotopic (exact) mass is 688 g/mol. The normalized spacial score (nSPS) is 29.2. The molecule has 1 aromatic carbocycles. The third-order valence-corrected chi connectivity index (χ3v) is 17.4. The van der Waals surface area contributed by atoms with Crippen LogP contribution in [0.1, 0.15) is 60.1 Å². The van der Waals surface area contributed by atoms with E-state index in [1.54, 1.807) is 0 Å². The van der Waals surface area contributed by atoms with Crippen LogP contribution in [0.25, 0.3) is 0 Å². The van der Waals surface area contributed by atoms with Crippen molar-refractivity contribution < 1.29 is 46.9 Å². The third-order valence-electron chi connectivity index (χ3n) is 9.97. The summed E-state index contributed by atoms with van der Waals surface area (Å²) in [5, 5.41) is -0.695. The average Bonchev–Trinajstić information content (AvgIpc) is 3.38. The van der Waals surface area contributed by atoms with Crippen molar-refractivity contribution in [2.45, 2.75) is 102 Å². The number of methoxy groups -OCH3 is 4. The molecule has 0 spiro atoms. The van der Waals surface area contributed by atoms with Gasteiger partial charge in [0.2, 0.25) is 14.1 Å². The predicted octanol–water partition coefficient (Wildman–Crippen LogP) is 6.60. The molecule has 2 fully saturated rings. The summed E-state index contributed by atoms with van der Waals surface area (Å²) in [4.78, 5) is 41.3. The van der Waals surface area contributed by atoms with E-state index in [0.717, 1.165) is 5.56 Å². The van der Waals surface area contributed by atoms with Crippen molar-refractivity contribution in [2.75, 3.05) is 28.4 Å². The van der Waals surface area contributed by atoms with Crippen molar-refractivity contribution >= 4 is 34.5 Å². The molecular weight excluding hydrogens is 637 g/mol. The Morgan fingerprint density at radius 2 is 1.34 bits per heavy atom. The summed E-state index contributed by atoms with van der Waals surface area (Å²) in [6.45, 7) is 21.4. The summed E-state index contributed by atoms with van der Waals surface area (Å²) < 4.78 is 44.1. The quantitative estimate of drug-likeness (QED) is 0.176. The van der Waals surface area contributed by atoms with Crippen molar-refractivity contribution in [3.05, 3.63) is 58.2 Å². The molecule has 5 atom stereocenters. The van der Waals surface area contributed by atoms with Gasteiger partial charge in [0.1, 0.15) is 5.57 Å². The van der Waals surface area contributed by atoms with Gasteiger partial charge >= 0.3 is 17.9 Å². The Kier molecular flexibility index (Phi) is 9.79. The average molecular weight is 689 g/mol. The van der Waals surface area contributed by atoms with Crippen molar-refractivity contribution in [1.29, 1.82) is 0 Å². The molecule has 12 heteroatoms. The molecule has 10 nitrogen and oxygen atoms in total. The summed E-state index contributed by atoms with van der Waals surface area (Å²) in [5.74, 6) is -7.34. The fraction of sp³-hybridized carbons (Fsp3) is 0.629. The highest BCUT2D eigenvalue weighted by Crippen LogP contribution is 2.69. The Labute approximate surface area is 281 Å². The minimum Gasteiger partial charge on any atom is -0.465 e. The first-order valence-electron chi connectivity index (χ1n) is 16.1. The second-order valence-corrected chi connectivity index (χ2v) is 25.4. The highest BCUT2D eigenvalue weighted by Gasteiger charge is 2.76. The maximum Gasteiger partial charge on any atom is 0.340 e. The lowest BCUT2D eigenvalue weighted by molar-refractivity contribution is -0.301. The Bertz CT molecular complexity index is 1470. The van der Waals surface area contributed by atoms with Gasteiger partial charge in [0.05, 0.1) is 38.6 Å². The predicted molar refractivity (Wildman–Crippen MR) is 181 cm³/mol. The minimum atomic E-state index is -3.06. The van der Waals surface area contributed by atoms with Crippen molar-refractivity contribution in [2.24, 2.45) is 11.8 Å². The van der Waals surface area contributed by atoms with E-state index in [9.17, 15) is 14.4 Å². The lowest BCUT2D eigenvalue weighted by Gasteiger charge is -2.52. The number of carbonyl (C=O) groups excluding carboxylic acids is 3. The van der Waals surface area contributed by atoms with Gasteiger partial charge in [-0.15, -0.1) is 0 Å². The standard InChI is InChI=1S/C35H52O10Si2/c1-21-28(22-18-16-15-17-19-22)43-47(32(2,3)4,33(5,6)7)20-23-26-24(29(36)39-8)25(30(37)40-9)27(31(38)41-10)35(26,42-11)44-34(21,23)45-46(12,13)14/h15-19,21,23,28H,20H2,1-14H3/t21-,23-,28+,34-,35-/m1/s1. The molecule has 0 aromatic heterocycles. The maximum atomic E-state index is 13.9. The molecule has 0 amide bonds. The van der Waals surface area contributed by atoms with E-state index in [0.29, 0.717) is 11.6 Å². The highest BCUT2D eigenvalue weighted by atomic mass is 28.4. The van der Waals surface area contributed by atoms with Crippen LogP contribution < -0.4 is 0 Å². The van der Waals surface area contributed by atoms with E-state index >= 15 is 0 Å². The van der Waals surface area contributed by atoms with Crippen LogP contribution in [0.4, 0.5) is 0 Å². The Morgan fingerprint density at radius 1 is 0.830 bits per heavy atom. The number of benzene rings is 1. The second-order valence-electron chi connectivity index (χ2n) is 15.7. The summed E-state index contributed by atoms with van der Waals surface area (Å²) in [7, 11) is -0.581. The zero-order valence-corrected chi connectivity index (χ0v) is 32.4. The molecule has 47 heavy (non-hydrogen) atoms. The first kappa shape index (κ1) is 37.2. The molecular formula is C35H52O10Si2. The Balaban J connectivity index is 2.27. The van der Waals surface area contributed by atoms with E-state index in [1.165, 1.54) is 28.4 Å². The fourth-order valence-corrected chi connectivity index (χ4v) is 15.7. The number of carbonyl (C=O) groups is 3. The first-order valence-corrected chi connectivity index (χ1v) is 21.6. The second kappa shape index (κ2) is 12.4. The molecule has 4 rings (SSSR count). The number of rotatable bonds is 7. The van der Waals surface area contributed by atoms with Crippen LogP contribution in [0.15, 0.2) is 52.6 Å². The molecule has 2 aliphatic heterocycles.